The molecule has 0 aliphatic heterocycles. The maximum Gasteiger partial charge on any atom is 0.268 e. The van der Waals surface area contributed by atoms with Crippen molar-refractivity contribution in [1.29, 1.82) is 0 Å². The molecule has 0 saturated heterocycles. The second kappa shape index (κ2) is 7.97. The van der Waals surface area contributed by atoms with E-state index in [4.69, 9.17) is 4.74 Å². The van der Waals surface area contributed by atoms with E-state index < -0.39 is 0 Å². The molecule has 1 aliphatic rings. The van der Waals surface area contributed by atoms with Gasteiger partial charge < -0.3 is 15.0 Å². The minimum absolute atomic E-state index is 0.0780. The zero-order valence-electron chi connectivity index (χ0n) is 13.2. The molecule has 1 aliphatic carbocycles. The Morgan fingerprint density at radius 3 is 2.83 bits per heavy atom. The van der Waals surface area contributed by atoms with Crippen LogP contribution in [0, 0.1) is 0 Å². The average molecular weight is 379 g/mol. The summed E-state index contributed by atoms with van der Waals surface area (Å²) in [4.78, 5) is 15.5. The Bertz CT molecular complexity index is 662. The van der Waals surface area contributed by atoms with Crippen LogP contribution in [0.2, 0.25) is 0 Å². The van der Waals surface area contributed by atoms with Crippen LogP contribution in [0.4, 0.5) is 0 Å². The number of carbonyl (C=O) groups is 1. The van der Waals surface area contributed by atoms with Gasteiger partial charge in [0, 0.05) is 24.1 Å². The number of nitrogens with one attached hydrogen (secondary N) is 2. The number of fused-ring (bicyclic) bond motifs is 1. The van der Waals surface area contributed by atoms with Crippen LogP contribution in [-0.4, -0.2) is 30.1 Å². The van der Waals surface area contributed by atoms with Crippen molar-refractivity contribution in [3.8, 4) is 0 Å². The Kier molecular flexibility index (Phi) is 5.73. The highest BCUT2D eigenvalue weighted by molar-refractivity contribution is 9.10. The molecule has 0 spiro atoms. The number of hydrogen-bond donors (Lipinski definition) is 2. The smallest absolute Gasteiger partial charge is 0.268 e. The number of hydrogen-bond acceptors (Lipinski definition) is 2. The summed E-state index contributed by atoms with van der Waals surface area (Å²) in [6.45, 7) is 1.35. The maximum atomic E-state index is 12.3. The third-order valence-corrected chi connectivity index (χ3v) is 5.21. The number of halogens is 1. The zero-order valence-corrected chi connectivity index (χ0v) is 14.8. The van der Waals surface area contributed by atoms with Gasteiger partial charge in [0.05, 0.1) is 10.6 Å². The van der Waals surface area contributed by atoms with E-state index in [0.717, 1.165) is 28.4 Å². The number of rotatable bonds is 6. The molecule has 2 N–H and O–H groups in total. The molecule has 0 radical (unpaired) electrons. The standard InChI is InChI=1S/C18H23BrN2O2/c19-16-14-9-4-5-10-15(14)21-17(16)18(22)20-11-6-12-23-13-7-2-1-3-8-13/h4-5,9-10,13,21H,1-3,6-8,11-12H2,(H,20,22). The number of H-pyrrole nitrogens is 1. The topological polar surface area (TPSA) is 54.1 Å². The van der Waals surface area contributed by atoms with E-state index >= 15 is 0 Å². The average Bonchev–Trinajstić information content (AvgIpc) is 2.93. The fourth-order valence-corrected chi connectivity index (χ4v) is 3.73. The van der Waals surface area contributed by atoms with Crippen molar-refractivity contribution in [3.63, 3.8) is 0 Å². The van der Waals surface area contributed by atoms with Crippen LogP contribution in [0.15, 0.2) is 28.7 Å². The highest BCUT2D eigenvalue weighted by Gasteiger charge is 2.16. The Labute approximate surface area is 145 Å². The van der Waals surface area contributed by atoms with Gasteiger partial charge in [0.1, 0.15) is 5.69 Å². The second-order valence-corrected chi connectivity index (χ2v) is 6.89. The van der Waals surface area contributed by atoms with Gasteiger partial charge in [-0.05, 0) is 41.3 Å². The Morgan fingerprint density at radius 2 is 2.04 bits per heavy atom. The highest BCUT2D eigenvalue weighted by Crippen LogP contribution is 2.27. The van der Waals surface area contributed by atoms with Crippen molar-refractivity contribution < 1.29 is 9.53 Å². The van der Waals surface area contributed by atoms with Gasteiger partial charge in [-0.25, -0.2) is 0 Å². The van der Waals surface area contributed by atoms with Gasteiger partial charge in [0.15, 0.2) is 0 Å². The van der Waals surface area contributed by atoms with Gasteiger partial charge in [-0.15, -0.1) is 0 Å². The molecule has 0 atom stereocenters. The lowest BCUT2D eigenvalue weighted by Gasteiger charge is -2.21. The first kappa shape index (κ1) is 16.5. The van der Waals surface area contributed by atoms with Gasteiger partial charge in [0.25, 0.3) is 5.91 Å². The predicted molar refractivity (Wildman–Crippen MR) is 95.8 cm³/mol. The number of aromatic amines is 1. The SMILES string of the molecule is O=C(NCCCOC1CCCCC1)c1[nH]c2ccccc2c1Br. The number of carbonyl (C=O) groups excluding carboxylic acids is 1. The quantitative estimate of drug-likeness (QED) is 0.731. The third-order valence-electron chi connectivity index (χ3n) is 4.38. The normalized spacial score (nSPS) is 15.9. The van der Waals surface area contributed by atoms with Crippen molar-refractivity contribution in [2.24, 2.45) is 0 Å². The minimum atomic E-state index is -0.0780. The first-order valence-corrected chi connectivity index (χ1v) is 9.21. The van der Waals surface area contributed by atoms with E-state index in [0.29, 0.717) is 18.3 Å². The van der Waals surface area contributed by atoms with Crippen molar-refractivity contribution in [1.82, 2.24) is 10.3 Å². The lowest BCUT2D eigenvalue weighted by molar-refractivity contribution is 0.0273. The van der Waals surface area contributed by atoms with Crippen molar-refractivity contribution in [2.75, 3.05) is 13.2 Å². The summed E-state index contributed by atoms with van der Waals surface area (Å²) in [7, 11) is 0. The van der Waals surface area contributed by atoms with Crippen LogP contribution < -0.4 is 5.32 Å². The first-order valence-electron chi connectivity index (χ1n) is 8.41. The molecular weight excluding hydrogens is 356 g/mol. The van der Waals surface area contributed by atoms with E-state index in [1.807, 2.05) is 24.3 Å². The molecule has 1 aromatic heterocycles. The molecule has 1 saturated carbocycles. The Hall–Kier alpha value is -1.33. The monoisotopic (exact) mass is 378 g/mol. The second-order valence-electron chi connectivity index (χ2n) is 6.10. The molecule has 1 heterocycles. The Balaban J connectivity index is 1.44. The molecule has 2 aromatic rings. The fourth-order valence-electron chi connectivity index (χ4n) is 3.11. The Morgan fingerprint density at radius 1 is 1.26 bits per heavy atom. The van der Waals surface area contributed by atoms with E-state index in [1.165, 1.54) is 32.1 Å². The summed E-state index contributed by atoms with van der Waals surface area (Å²) in [5, 5.41) is 3.98. The maximum absolute atomic E-state index is 12.3. The lowest BCUT2D eigenvalue weighted by Crippen LogP contribution is -2.26. The van der Waals surface area contributed by atoms with Crippen molar-refractivity contribution in [2.45, 2.75) is 44.6 Å². The molecule has 23 heavy (non-hydrogen) atoms. The van der Waals surface area contributed by atoms with Crippen LogP contribution in [0.3, 0.4) is 0 Å². The van der Waals surface area contributed by atoms with Crippen molar-refractivity contribution in [3.05, 3.63) is 34.4 Å². The number of benzene rings is 1. The van der Waals surface area contributed by atoms with Crippen LogP contribution in [0.25, 0.3) is 10.9 Å². The third kappa shape index (κ3) is 4.15. The van der Waals surface area contributed by atoms with Crippen LogP contribution >= 0.6 is 15.9 Å². The predicted octanol–water partition coefficient (Wildman–Crippen LogP) is 4.40. The van der Waals surface area contributed by atoms with E-state index in [9.17, 15) is 4.79 Å². The molecule has 1 amide bonds. The molecule has 0 bridgehead atoms. The molecule has 3 rings (SSSR count). The van der Waals surface area contributed by atoms with Gasteiger partial charge in [-0.2, -0.15) is 0 Å². The lowest BCUT2D eigenvalue weighted by atomic mass is 9.98. The zero-order chi connectivity index (χ0) is 16.1. The molecule has 5 heteroatoms. The van der Waals surface area contributed by atoms with E-state index in [2.05, 4.69) is 26.2 Å². The number of ether oxygens (including phenoxy) is 1. The van der Waals surface area contributed by atoms with Gasteiger partial charge >= 0.3 is 0 Å². The highest BCUT2D eigenvalue weighted by atomic mass is 79.9. The summed E-state index contributed by atoms with van der Waals surface area (Å²) in [5.74, 6) is -0.0780. The summed E-state index contributed by atoms with van der Waals surface area (Å²) >= 11 is 3.51. The van der Waals surface area contributed by atoms with Crippen LogP contribution in [0.5, 0.6) is 0 Å². The fraction of sp³-hybridized carbons (Fsp3) is 0.500. The largest absolute Gasteiger partial charge is 0.378 e. The summed E-state index contributed by atoms with van der Waals surface area (Å²) in [6.07, 6.45) is 7.58. The molecule has 1 aromatic carbocycles. The number of para-hydroxylation sites is 1. The van der Waals surface area contributed by atoms with Gasteiger partial charge in [0.2, 0.25) is 0 Å². The van der Waals surface area contributed by atoms with Crippen molar-refractivity contribution >= 4 is 32.7 Å². The summed E-state index contributed by atoms with van der Waals surface area (Å²) in [5.41, 5.74) is 1.55. The van der Waals surface area contributed by atoms with E-state index in [1.54, 1.807) is 0 Å². The number of amides is 1. The molecule has 4 nitrogen and oxygen atoms in total. The summed E-state index contributed by atoms with van der Waals surface area (Å²) in [6, 6.07) is 7.88. The van der Waals surface area contributed by atoms with Crippen LogP contribution in [0.1, 0.15) is 49.0 Å². The molecular formula is C18H23BrN2O2. The van der Waals surface area contributed by atoms with Gasteiger partial charge in [-0.1, -0.05) is 37.5 Å². The first-order chi connectivity index (χ1) is 11.3. The summed E-state index contributed by atoms with van der Waals surface area (Å²) < 4.78 is 6.70. The molecule has 1 fully saturated rings. The minimum Gasteiger partial charge on any atom is -0.378 e. The van der Waals surface area contributed by atoms with Gasteiger partial charge in [-0.3, -0.25) is 4.79 Å². The molecule has 124 valence electrons. The molecule has 0 unspecified atom stereocenters. The van der Waals surface area contributed by atoms with E-state index in [-0.39, 0.29) is 5.91 Å². The number of aromatic nitrogens is 1. The van der Waals surface area contributed by atoms with Crippen LogP contribution in [-0.2, 0) is 4.74 Å².